The van der Waals surface area contributed by atoms with Gasteiger partial charge in [-0.15, -0.1) is 0 Å². The summed E-state index contributed by atoms with van der Waals surface area (Å²) in [4.78, 5) is 11.4. The van der Waals surface area contributed by atoms with Crippen molar-refractivity contribution >= 4 is 23.2 Å². The van der Waals surface area contributed by atoms with Gasteiger partial charge in [-0.1, -0.05) is 11.6 Å². The standard InChI is InChI=1S/C13H18ClN3O/c1-8-6-10(4-5-16-8)17-12-7-9(14)2-3-11(12)13(15)18/h2-3,7-8,10,16-17H,4-6H2,1H3,(H2,15,18). The lowest BCUT2D eigenvalue weighted by atomic mass is 10.00. The van der Waals surface area contributed by atoms with Gasteiger partial charge in [0.25, 0.3) is 5.91 Å². The molecular formula is C13H18ClN3O. The van der Waals surface area contributed by atoms with Crippen LogP contribution in [0.2, 0.25) is 5.02 Å². The molecule has 1 aromatic rings. The van der Waals surface area contributed by atoms with E-state index in [4.69, 9.17) is 17.3 Å². The lowest BCUT2D eigenvalue weighted by Crippen LogP contribution is -2.41. The molecule has 0 aromatic heterocycles. The molecule has 1 aliphatic rings. The van der Waals surface area contributed by atoms with Crippen LogP contribution in [0.25, 0.3) is 0 Å². The van der Waals surface area contributed by atoms with Crippen molar-refractivity contribution in [3.8, 4) is 0 Å². The zero-order chi connectivity index (χ0) is 13.1. The van der Waals surface area contributed by atoms with Crippen LogP contribution >= 0.6 is 11.6 Å². The molecule has 4 N–H and O–H groups in total. The molecule has 1 amide bonds. The quantitative estimate of drug-likeness (QED) is 0.785. The molecule has 2 rings (SSSR count). The highest BCUT2D eigenvalue weighted by Gasteiger charge is 2.19. The summed E-state index contributed by atoms with van der Waals surface area (Å²) in [6, 6.07) is 5.93. The lowest BCUT2D eigenvalue weighted by Gasteiger charge is -2.30. The summed E-state index contributed by atoms with van der Waals surface area (Å²) >= 11 is 5.96. The number of hydrogen-bond acceptors (Lipinski definition) is 3. The molecule has 1 fully saturated rings. The maximum absolute atomic E-state index is 11.4. The minimum Gasteiger partial charge on any atom is -0.382 e. The molecule has 0 aliphatic carbocycles. The summed E-state index contributed by atoms with van der Waals surface area (Å²) in [5.41, 5.74) is 6.58. The first-order valence-corrected chi connectivity index (χ1v) is 6.53. The van der Waals surface area contributed by atoms with E-state index in [9.17, 15) is 4.79 Å². The molecule has 1 heterocycles. The number of piperidine rings is 1. The Morgan fingerprint density at radius 1 is 1.56 bits per heavy atom. The van der Waals surface area contributed by atoms with Gasteiger partial charge in [0.15, 0.2) is 0 Å². The minimum atomic E-state index is -0.434. The molecule has 0 saturated carbocycles. The van der Waals surface area contributed by atoms with E-state index in [2.05, 4.69) is 17.6 Å². The third-order valence-corrected chi connectivity index (χ3v) is 3.47. The number of rotatable bonds is 3. The van der Waals surface area contributed by atoms with Gasteiger partial charge < -0.3 is 16.4 Å². The smallest absolute Gasteiger partial charge is 0.250 e. The summed E-state index contributed by atoms with van der Waals surface area (Å²) in [6.07, 6.45) is 2.04. The molecule has 1 saturated heterocycles. The van der Waals surface area contributed by atoms with Crippen LogP contribution in [0.4, 0.5) is 5.69 Å². The average Bonchev–Trinajstić information content (AvgIpc) is 2.28. The predicted molar refractivity (Wildman–Crippen MR) is 74.1 cm³/mol. The molecule has 18 heavy (non-hydrogen) atoms. The summed E-state index contributed by atoms with van der Waals surface area (Å²) in [5, 5.41) is 7.37. The van der Waals surface area contributed by atoms with E-state index >= 15 is 0 Å². The van der Waals surface area contributed by atoms with Gasteiger partial charge >= 0.3 is 0 Å². The zero-order valence-corrected chi connectivity index (χ0v) is 11.1. The van der Waals surface area contributed by atoms with Crippen LogP contribution in [0.15, 0.2) is 18.2 Å². The van der Waals surface area contributed by atoms with Crippen molar-refractivity contribution in [2.24, 2.45) is 5.73 Å². The van der Waals surface area contributed by atoms with E-state index in [1.807, 2.05) is 0 Å². The van der Waals surface area contributed by atoms with Crippen molar-refractivity contribution in [2.45, 2.75) is 31.8 Å². The number of amides is 1. The summed E-state index contributed by atoms with van der Waals surface area (Å²) < 4.78 is 0. The van der Waals surface area contributed by atoms with Crippen LogP contribution in [0.1, 0.15) is 30.1 Å². The normalized spacial score (nSPS) is 23.7. The summed E-state index contributed by atoms with van der Waals surface area (Å²) in [5.74, 6) is -0.434. The Bertz CT molecular complexity index is 450. The second kappa shape index (κ2) is 5.59. The second-order valence-electron chi connectivity index (χ2n) is 4.77. The van der Waals surface area contributed by atoms with E-state index in [1.54, 1.807) is 18.2 Å². The molecular weight excluding hydrogens is 250 g/mol. The van der Waals surface area contributed by atoms with E-state index < -0.39 is 5.91 Å². The predicted octanol–water partition coefficient (Wildman–Crippen LogP) is 1.99. The van der Waals surface area contributed by atoms with Gasteiger partial charge in [-0.25, -0.2) is 0 Å². The largest absolute Gasteiger partial charge is 0.382 e. The number of carbonyl (C=O) groups excluding carboxylic acids is 1. The van der Waals surface area contributed by atoms with Crippen molar-refractivity contribution in [3.05, 3.63) is 28.8 Å². The maximum Gasteiger partial charge on any atom is 0.250 e. The van der Waals surface area contributed by atoms with Gasteiger partial charge in [-0.2, -0.15) is 0 Å². The van der Waals surface area contributed by atoms with Crippen LogP contribution in [-0.2, 0) is 0 Å². The first-order chi connectivity index (χ1) is 8.56. The van der Waals surface area contributed by atoms with Crippen molar-refractivity contribution in [2.75, 3.05) is 11.9 Å². The fourth-order valence-electron chi connectivity index (χ4n) is 2.33. The SMILES string of the molecule is CC1CC(Nc2cc(Cl)ccc2C(N)=O)CCN1. The molecule has 2 unspecified atom stereocenters. The molecule has 0 bridgehead atoms. The molecule has 2 atom stereocenters. The molecule has 0 radical (unpaired) electrons. The molecule has 1 aromatic carbocycles. The van der Waals surface area contributed by atoms with E-state index in [-0.39, 0.29) is 0 Å². The third-order valence-electron chi connectivity index (χ3n) is 3.23. The van der Waals surface area contributed by atoms with Gasteiger partial charge in [-0.3, -0.25) is 4.79 Å². The van der Waals surface area contributed by atoms with Crippen LogP contribution in [0.5, 0.6) is 0 Å². The second-order valence-corrected chi connectivity index (χ2v) is 5.21. The number of halogens is 1. The van der Waals surface area contributed by atoms with Gasteiger partial charge in [-0.05, 0) is 44.5 Å². The highest BCUT2D eigenvalue weighted by Crippen LogP contribution is 2.23. The fraction of sp³-hybridized carbons (Fsp3) is 0.462. The summed E-state index contributed by atoms with van der Waals surface area (Å²) in [6.45, 7) is 3.13. The third kappa shape index (κ3) is 3.15. The fourth-order valence-corrected chi connectivity index (χ4v) is 2.51. The average molecular weight is 268 g/mol. The minimum absolute atomic E-state index is 0.345. The molecule has 98 valence electrons. The van der Waals surface area contributed by atoms with Crippen LogP contribution in [0.3, 0.4) is 0 Å². The van der Waals surface area contributed by atoms with Gasteiger partial charge in [0, 0.05) is 22.8 Å². The molecule has 5 heteroatoms. The monoisotopic (exact) mass is 267 g/mol. The van der Waals surface area contributed by atoms with Crippen molar-refractivity contribution in [3.63, 3.8) is 0 Å². The van der Waals surface area contributed by atoms with E-state index in [0.29, 0.717) is 22.7 Å². The maximum atomic E-state index is 11.4. The zero-order valence-electron chi connectivity index (χ0n) is 10.4. The number of anilines is 1. The van der Waals surface area contributed by atoms with Crippen molar-refractivity contribution in [1.82, 2.24) is 5.32 Å². The number of nitrogens with two attached hydrogens (primary N) is 1. The first kappa shape index (κ1) is 13.2. The number of primary amides is 1. The van der Waals surface area contributed by atoms with Gasteiger partial charge in [0.05, 0.1) is 5.56 Å². The Morgan fingerprint density at radius 2 is 2.33 bits per heavy atom. The molecule has 1 aliphatic heterocycles. The topological polar surface area (TPSA) is 67.1 Å². The molecule has 4 nitrogen and oxygen atoms in total. The molecule has 0 spiro atoms. The lowest BCUT2D eigenvalue weighted by molar-refractivity contribution is 0.100. The van der Waals surface area contributed by atoms with Crippen LogP contribution in [0, 0.1) is 0 Å². The van der Waals surface area contributed by atoms with Crippen molar-refractivity contribution in [1.29, 1.82) is 0 Å². The first-order valence-electron chi connectivity index (χ1n) is 6.15. The van der Waals surface area contributed by atoms with E-state index in [0.717, 1.165) is 25.1 Å². The number of carbonyl (C=O) groups is 1. The number of nitrogens with one attached hydrogen (secondary N) is 2. The highest BCUT2D eigenvalue weighted by molar-refractivity contribution is 6.31. The highest BCUT2D eigenvalue weighted by atomic mass is 35.5. The Kier molecular flexibility index (Phi) is 4.09. The van der Waals surface area contributed by atoms with Crippen LogP contribution in [-0.4, -0.2) is 24.5 Å². The summed E-state index contributed by atoms with van der Waals surface area (Å²) in [7, 11) is 0. The van der Waals surface area contributed by atoms with E-state index in [1.165, 1.54) is 0 Å². The Balaban J connectivity index is 2.16. The number of benzene rings is 1. The Labute approximate surface area is 112 Å². The van der Waals surface area contributed by atoms with Crippen LogP contribution < -0.4 is 16.4 Å². The Morgan fingerprint density at radius 3 is 3.00 bits per heavy atom. The number of hydrogen-bond donors (Lipinski definition) is 3. The van der Waals surface area contributed by atoms with Gasteiger partial charge in [0.2, 0.25) is 0 Å². The Hall–Kier alpha value is -1.26. The van der Waals surface area contributed by atoms with Crippen molar-refractivity contribution < 1.29 is 4.79 Å². The van der Waals surface area contributed by atoms with Gasteiger partial charge in [0.1, 0.15) is 0 Å².